The van der Waals surface area contributed by atoms with Gasteiger partial charge in [0.1, 0.15) is 11.9 Å². The number of ether oxygens (including phenoxy) is 1. The van der Waals surface area contributed by atoms with Crippen LogP contribution in [-0.2, 0) is 9.53 Å². The summed E-state index contributed by atoms with van der Waals surface area (Å²) < 4.78 is 17.9. The number of benzene rings is 1. The molecule has 1 saturated carbocycles. The molecule has 0 spiro atoms. The van der Waals surface area contributed by atoms with E-state index in [0.29, 0.717) is 5.92 Å². The van der Waals surface area contributed by atoms with Crippen molar-refractivity contribution in [2.75, 3.05) is 7.11 Å². The fourth-order valence-corrected chi connectivity index (χ4v) is 2.09. The van der Waals surface area contributed by atoms with Crippen molar-refractivity contribution < 1.29 is 13.9 Å². The maximum atomic E-state index is 13.1. The molecule has 0 aliphatic heterocycles. The molecular formula is C14H18FNO2. The van der Waals surface area contributed by atoms with Crippen molar-refractivity contribution in [2.24, 2.45) is 5.92 Å². The van der Waals surface area contributed by atoms with Crippen molar-refractivity contribution in [2.45, 2.75) is 31.8 Å². The van der Waals surface area contributed by atoms with E-state index < -0.39 is 0 Å². The van der Waals surface area contributed by atoms with Crippen molar-refractivity contribution in [1.29, 1.82) is 0 Å². The predicted octanol–water partition coefficient (Wildman–Crippen LogP) is 2.43. The minimum Gasteiger partial charge on any atom is -0.468 e. The van der Waals surface area contributed by atoms with Crippen LogP contribution in [0.1, 0.15) is 31.4 Å². The first-order valence-electron chi connectivity index (χ1n) is 6.21. The number of nitrogens with one attached hydrogen (secondary N) is 1. The lowest BCUT2D eigenvalue weighted by Crippen LogP contribution is -2.40. The standard InChI is InChI=1S/C14H18FNO2/c1-9(11-4-3-5-12(15)8-11)16-13(10-6-7-10)14(17)18-2/h3-5,8-10,13,16H,6-7H2,1-2H3/t9-,13?/m1/s1. The number of esters is 1. The Kier molecular flexibility index (Phi) is 3.97. The van der Waals surface area contributed by atoms with Crippen LogP contribution < -0.4 is 5.32 Å². The van der Waals surface area contributed by atoms with Gasteiger partial charge in [-0.3, -0.25) is 10.1 Å². The zero-order valence-electron chi connectivity index (χ0n) is 10.7. The quantitative estimate of drug-likeness (QED) is 0.817. The fraction of sp³-hybridized carbons (Fsp3) is 0.500. The molecule has 1 aliphatic carbocycles. The summed E-state index contributed by atoms with van der Waals surface area (Å²) in [5.74, 6) is -0.142. The van der Waals surface area contributed by atoms with Crippen LogP contribution in [0.25, 0.3) is 0 Å². The number of carbonyl (C=O) groups excluding carboxylic acids is 1. The molecule has 0 bridgehead atoms. The summed E-state index contributed by atoms with van der Waals surface area (Å²) in [6, 6.07) is 6.06. The Morgan fingerprint density at radius 3 is 2.78 bits per heavy atom. The van der Waals surface area contributed by atoms with E-state index in [1.807, 2.05) is 13.0 Å². The summed E-state index contributed by atoms with van der Waals surface area (Å²) in [5, 5.41) is 3.23. The van der Waals surface area contributed by atoms with Crippen LogP contribution in [0.15, 0.2) is 24.3 Å². The second-order valence-electron chi connectivity index (χ2n) is 4.78. The van der Waals surface area contributed by atoms with Gasteiger partial charge < -0.3 is 4.74 Å². The van der Waals surface area contributed by atoms with Crippen LogP contribution in [0.5, 0.6) is 0 Å². The Balaban J connectivity index is 2.04. The number of carbonyl (C=O) groups is 1. The third kappa shape index (κ3) is 3.07. The van der Waals surface area contributed by atoms with Crippen LogP contribution in [0, 0.1) is 11.7 Å². The first kappa shape index (κ1) is 13.0. The van der Waals surface area contributed by atoms with E-state index in [4.69, 9.17) is 4.74 Å². The number of halogens is 1. The Morgan fingerprint density at radius 2 is 2.22 bits per heavy atom. The van der Waals surface area contributed by atoms with Gasteiger partial charge in [-0.05, 0) is 43.4 Å². The zero-order valence-corrected chi connectivity index (χ0v) is 10.7. The number of rotatable bonds is 5. The van der Waals surface area contributed by atoms with Gasteiger partial charge >= 0.3 is 5.97 Å². The summed E-state index contributed by atoms with van der Waals surface area (Å²) in [7, 11) is 1.40. The molecule has 1 aromatic rings. The van der Waals surface area contributed by atoms with E-state index in [9.17, 15) is 9.18 Å². The minimum absolute atomic E-state index is 0.0783. The first-order valence-corrected chi connectivity index (χ1v) is 6.21. The molecule has 4 heteroatoms. The van der Waals surface area contributed by atoms with Crippen molar-refractivity contribution in [3.05, 3.63) is 35.6 Å². The van der Waals surface area contributed by atoms with E-state index in [2.05, 4.69) is 5.32 Å². The lowest BCUT2D eigenvalue weighted by Gasteiger charge is -2.21. The van der Waals surface area contributed by atoms with E-state index in [0.717, 1.165) is 18.4 Å². The van der Waals surface area contributed by atoms with Crippen LogP contribution in [0.4, 0.5) is 4.39 Å². The van der Waals surface area contributed by atoms with Gasteiger partial charge in [-0.15, -0.1) is 0 Å². The Bertz CT molecular complexity index is 432. The Labute approximate surface area is 106 Å². The molecule has 18 heavy (non-hydrogen) atoms. The number of hydrogen-bond acceptors (Lipinski definition) is 3. The second kappa shape index (κ2) is 5.48. The summed E-state index contributed by atoms with van der Waals surface area (Å²) in [4.78, 5) is 11.7. The third-order valence-corrected chi connectivity index (χ3v) is 3.33. The summed E-state index contributed by atoms with van der Waals surface area (Å²) in [6.07, 6.45) is 2.09. The second-order valence-corrected chi connectivity index (χ2v) is 4.78. The lowest BCUT2D eigenvalue weighted by molar-refractivity contribution is -0.144. The number of hydrogen-bond donors (Lipinski definition) is 1. The van der Waals surface area contributed by atoms with Gasteiger partial charge in [-0.1, -0.05) is 12.1 Å². The highest BCUT2D eigenvalue weighted by molar-refractivity contribution is 5.76. The van der Waals surface area contributed by atoms with Crippen molar-refractivity contribution >= 4 is 5.97 Å². The predicted molar refractivity (Wildman–Crippen MR) is 66.5 cm³/mol. The van der Waals surface area contributed by atoms with Gasteiger partial charge in [-0.2, -0.15) is 0 Å². The van der Waals surface area contributed by atoms with Gasteiger partial charge in [0.2, 0.25) is 0 Å². The molecule has 0 heterocycles. The molecule has 1 N–H and O–H groups in total. The van der Waals surface area contributed by atoms with Crippen molar-refractivity contribution in [3.63, 3.8) is 0 Å². The molecule has 2 rings (SSSR count). The highest BCUT2D eigenvalue weighted by Crippen LogP contribution is 2.34. The maximum absolute atomic E-state index is 13.1. The molecule has 98 valence electrons. The topological polar surface area (TPSA) is 38.3 Å². The SMILES string of the molecule is COC(=O)C(N[C@H](C)c1cccc(F)c1)C1CC1. The first-order chi connectivity index (χ1) is 8.61. The van der Waals surface area contributed by atoms with E-state index in [-0.39, 0.29) is 23.9 Å². The van der Waals surface area contributed by atoms with E-state index in [1.54, 1.807) is 6.07 Å². The molecule has 1 fully saturated rings. The normalized spacial score (nSPS) is 18.2. The summed E-state index contributed by atoms with van der Waals surface area (Å²) in [5.41, 5.74) is 0.838. The fourth-order valence-electron chi connectivity index (χ4n) is 2.09. The largest absolute Gasteiger partial charge is 0.468 e. The average Bonchev–Trinajstić information content (AvgIpc) is 3.19. The van der Waals surface area contributed by atoms with Gasteiger partial charge in [0.25, 0.3) is 0 Å². The van der Waals surface area contributed by atoms with Crippen LogP contribution in [0.3, 0.4) is 0 Å². The monoisotopic (exact) mass is 251 g/mol. The van der Waals surface area contributed by atoms with E-state index in [1.165, 1.54) is 19.2 Å². The highest BCUT2D eigenvalue weighted by Gasteiger charge is 2.37. The molecular weight excluding hydrogens is 233 g/mol. The van der Waals surface area contributed by atoms with Gasteiger partial charge in [0, 0.05) is 6.04 Å². The van der Waals surface area contributed by atoms with Crippen LogP contribution in [0.2, 0.25) is 0 Å². The average molecular weight is 251 g/mol. The zero-order chi connectivity index (χ0) is 13.1. The van der Waals surface area contributed by atoms with Crippen LogP contribution >= 0.6 is 0 Å². The van der Waals surface area contributed by atoms with E-state index >= 15 is 0 Å². The van der Waals surface area contributed by atoms with Crippen molar-refractivity contribution in [1.82, 2.24) is 5.32 Å². The smallest absolute Gasteiger partial charge is 0.323 e. The summed E-state index contributed by atoms with van der Waals surface area (Å²) in [6.45, 7) is 1.92. The van der Waals surface area contributed by atoms with Crippen molar-refractivity contribution in [3.8, 4) is 0 Å². The molecule has 2 atom stereocenters. The Hall–Kier alpha value is -1.42. The highest BCUT2D eigenvalue weighted by atomic mass is 19.1. The van der Waals surface area contributed by atoms with Gasteiger partial charge in [0.05, 0.1) is 7.11 Å². The maximum Gasteiger partial charge on any atom is 0.323 e. The van der Waals surface area contributed by atoms with Gasteiger partial charge in [0.15, 0.2) is 0 Å². The molecule has 1 aliphatic rings. The summed E-state index contributed by atoms with van der Waals surface area (Å²) >= 11 is 0. The molecule has 3 nitrogen and oxygen atoms in total. The minimum atomic E-state index is -0.284. The number of methoxy groups -OCH3 is 1. The molecule has 1 unspecified atom stereocenters. The van der Waals surface area contributed by atoms with Gasteiger partial charge in [-0.25, -0.2) is 4.39 Å². The molecule has 0 saturated heterocycles. The molecule has 1 aromatic carbocycles. The molecule has 0 amide bonds. The van der Waals surface area contributed by atoms with Crippen LogP contribution in [-0.4, -0.2) is 19.1 Å². The lowest BCUT2D eigenvalue weighted by atomic mass is 10.1. The molecule has 0 aromatic heterocycles. The molecule has 0 radical (unpaired) electrons. The third-order valence-electron chi connectivity index (χ3n) is 3.33. The Morgan fingerprint density at radius 1 is 1.50 bits per heavy atom.